The van der Waals surface area contributed by atoms with Crippen LogP contribution >= 0.6 is 0 Å². The Morgan fingerprint density at radius 1 is 0.773 bits per heavy atom. The number of furan rings is 1. The van der Waals surface area contributed by atoms with Crippen LogP contribution in [0.3, 0.4) is 0 Å². The molecular weight excluding hydrogens is 631 g/mol. The molecule has 2 aromatic heterocycles. The lowest BCUT2D eigenvalue weighted by atomic mass is 10.1. The first kappa shape index (κ1) is 30.7. The Kier molecular flexibility index (Phi) is 8.22. The van der Waals surface area contributed by atoms with Crippen molar-refractivity contribution < 1.29 is 43.2 Å². The number of sulfone groups is 2. The van der Waals surface area contributed by atoms with Gasteiger partial charge in [0, 0.05) is 11.1 Å². The molecule has 2 heterocycles. The summed E-state index contributed by atoms with van der Waals surface area (Å²) in [5, 5.41) is 4.82. The van der Waals surface area contributed by atoms with Gasteiger partial charge in [-0.1, -0.05) is 24.3 Å². The topological polar surface area (TPSA) is 115 Å². The van der Waals surface area contributed by atoms with Crippen molar-refractivity contribution in [1.29, 1.82) is 0 Å². The zero-order valence-electron chi connectivity index (χ0n) is 22.2. The van der Waals surface area contributed by atoms with E-state index < -0.39 is 43.6 Å². The molecule has 9 nitrogen and oxygen atoms in total. The third kappa shape index (κ3) is 6.30. The van der Waals surface area contributed by atoms with Gasteiger partial charge in [-0.2, -0.15) is 23.1 Å². The van der Waals surface area contributed by atoms with Crippen molar-refractivity contribution in [2.45, 2.75) is 16.0 Å². The van der Waals surface area contributed by atoms with Gasteiger partial charge in [0.25, 0.3) is 0 Å². The number of nitrogens with zero attached hydrogens (tertiary/aromatic N) is 3. The molecule has 0 unspecified atom stereocenters. The fourth-order valence-electron chi connectivity index (χ4n) is 4.11. The maximum atomic E-state index is 13.9. The third-order valence-electron chi connectivity index (χ3n) is 6.33. The van der Waals surface area contributed by atoms with E-state index >= 15 is 0 Å². The first-order valence-electron chi connectivity index (χ1n) is 12.5. The van der Waals surface area contributed by atoms with E-state index in [2.05, 4.69) is 10.5 Å². The molecule has 44 heavy (non-hydrogen) atoms. The van der Waals surface area contributed by atoms with Gasteiger partial charge in [-0.15, -0.1) is 5.10 Å². The van der Waals surface area contributed by atoms with Crippen LogP contribution < -0.4 is 10.5 Å². The molecule has 0 saturated heterocycles. The third-order valence-corrected chi connectivity index (χ3v) is 8.89. The van der Waals surface area contributed by atoms with Crippen molar-refractivity contribution in [3.05, 3.63) is 103 Å². The van der Waals surface area contributed by atoms with Crippen LogP contribution in [0.2, 0.25) is 0 Å². The number of alkyl halides is 5. The van der Waals surface area contributed by atoms with Crippen LogP contribution in [0, 0.1) is 0 Å². The van der Waals surface area contributed by atoms with Crippen LogP contribution in [0.15, 0.2) is 111 Å². The molecule has 0 aliphatic rings. The molecule has 0 spiro atoms. The van der Waals surface area contributed by atoms with E-state index in [1.807, 2.05) is 0 Å². The maximum absolute atomic E-state index is 13.9. The van der Waals surface area contributed by atoms with E-state index in [4.69, 9.17) is 4.42 Å². The van der Waals surface area contributed by atoms with Crippen LogP contribution in [-0.4, -0.2) is 38.7 Å². The normalized spacial score (nSPS) is 12.3. The standard InChI is InChI=1S/C28H21F5N4O5S2/c29-17-43(38,39)23-11-7-21(8-12-23)34-36(22-9-13-24(14-10-22)44(40,41)18-30)37-25(16-27(35-37)28(31,32)33)19-3-5-20(6-4-19)26-2-1-15-42-26/h1-16,34H,17-18H2. The van der Waals surface area contributed by atoms with Gasteiger partial charge in [0.05, 0.1) is 33.1 Å². The Hall–Kier alpha value is -4.70. The quantitative estimate of drug-likeness (QED) is 0.134. The number of benzene rings is 3. The number of hydrazine groups is 1. The molecule has 16 heteroatoms. The summed E-state index contributed by atoms with van der Waals surface area (Å²) in [4.78, 5) is 0.193. The zero-order chi connectivity index (χ0) is 31.7. The van der Waals surface area contributed by atoms with Gasteiger partial charge in [0.15, 0.2) is 17.7 Å². The number of nitrogens with one attached hydrogen (secondary N) is 1. The molecule has 0 fully saturated rings. The van der Waals surface area contributed by atoms with E-state index in [-0.39, 0.29) is 26.9 Å². The Bertz CT molecular complexity index is 1960. The summed E-state index contributed by atoms with van der Waals surface area (Å²) in [6.07, 6.45) is -3.39. The van der Waals surface area contributed by atoms with E-state index in [1.165, 1.54) is 30.5 Å². The SMILES string of the molecule is O=S(=O)(CF)c1ccc(NN(c2ccc(S(=O)(=O)CF)cc2)n2nc(C(F)(F)F)cc2-c2ccc(-c3ccco3)cc2)cc1. The molecule has 0 bridgehead atoms. The minimum Gasteiger partial charge on any atom is -0.464 e. The summed E-state index contributed by atoms with van der Waals surface area (Å²) < 4.78 is 121. The molecule has 0 aliphatic heterocycles. The number of hydrogen-bond donors (Lipinski definition) is 1. The molecule has 0 radical (unpaired) electrons. The second kappa shape index (κ2) is 11.8. The van der Waals surface area contributed by atoms with Crippen LogP contribution in [0.25, 0.3) is 22.6 Å². The van der Waals surface area contributed by atoms with Crippen molar-refractivity contribution in [2.24, 2.45) is 0 Å². The molecule has 5 rings (SSSR count). The fraction of sp³-hybridized carbons (Fsp3) is 0.107. The van der Waals surface area contributed by atoms with E-state index in [9.17, 15) is 38.8 Å². The number of anilines is 2. The lowest BCUT2D eigenvalue weighted by molar-refractivity contribution is -0.141. The minimum absolute atomic E-state index is 0.0482. The number of hydrogen-bond acceptors (Lipinski definition) is 8. The molecule has 3 aromatic carbocycles. The van der Waals surface area contributed by atoms with Crippen molar-refractivity contribution in [2.75, 3.05) is 22.6 Å². The smallest absolute Gasteiger partial charge is 0.435 e. The summed E-state index contributed by atoms with van der Waals surface area (Å²) in [5.74, 6) is 0.533. The Morgan fingerprint density at radius 3 is 1.82 bits per heavy atom. The molecule has 1 N–H and O–H groups in total. The first-order valence-corrected chi connectivity index (χ1v) is 15.8. The second-order valence-corrected chi connectivity index (χ2v) is 13.1. The van der Waals surface area contributed by atoms with Gasteiger partial charge in [0.1, 0.15) is 5.76 Å². The molecule has 230 valence electrons. The highest BCUT2D eigenvalue weighted by Crippen LogP contribution is 2.34. The monoisotopic (exact) mass is 652 g/mol. The fourth-order valence-corrected chi connectivity index (χ4v) is 5.46. The Labute approximate surface area is 247 Å². The Morgan fingerprint density at radius 2 is 1.32 bits per heavy atom. The van der Waals surface area contributed by atoms with Crippen LogP contribution in [0.1, 0.15) is 5.69 Å². The predicted octanol–water partition coefficient (Wildman–Crippen LogP) is 6.53. The number of halogens is 5. The van der Waals surface area contributed by atoms with Crippen molar-refractivity contribution >= 4 is 31.0 Å². The number of aromatic nitrogens is 2. The van der Waals surface area contributed by atoms with Gasteiger partial charge in [-0.05, 0) is 66.7 Å². The summed E-state index contributed by atoms with van der Waals surface area (Å²) in [7, 11) is -8.44. The van der Waals surface area contributed by atoms with Gasteiger partial charge < -0.3 is 4.42 Å². The van der Waals surface area contributed by atoms with Crippen LogP contribution in [0.4, 0.5) is 33.3 Å². The van der Waals surface area contributed by atoms with Crippen molar-refractivity contribution in [3.63, 3.8) is 0 Å². The largest absolute Gasteiger partial charge is 0.464 e. The summed E-state index contributed by atoms with van der Waals surface area (Å²) in [5.41, 5.74) is 2.69. The average molecular weight is 653 g/mol. The summed E-state index contributed by atoms with van der Waals surface area (Å²) in [6.45, 7) is 0. The Balaban J connectivity index is 1.64. The summed E-state index contributed by atoms with van der Waals surface area (Å²) in [6, 6.07) is 16.6. The lowest BCUT2D eigenvalue weighted by Gasteiger charge is -2.28. The van der Waals surface area contributed by atoms with Crippen molar-refractivity contribution in [3.8, 4) is 22.6 Å². The zero-order valence-corrected chi connectivity index (χ0v) is 23.9. The highest BCUT2D eigenvalue weighted by Gasteiger charge is 2.36. The summed E-state index contributed by atoms with van der Waals surface area (Å²) >= 11 is 0. The lowest BCUT2D eigenvalue weighted by Crippen LogP contribution is -2.37. The highest BCUT2D eigenvalue weighted by molar-refractivity contribution is 7.91. The predicted molar refractivity (Wildman–Crippen MR) is 151 cm³/mol. The van der Waals surface area contributed by atoms with E-state index in [0.717, 1.165) is 40.2 Å². The average Bonchev–Trinajstić information content (AvgIpc) is 3.72. The van der Waals surface area contributed by atoms with Gasteiger partial charge in [-0.3, -0.25) is 5.43 Å². The first-order chi connectivity index (χ1) is 20.8. The highest BCUT2D eigenvalue weighted by atomic mass is 32.2. The van der Waals surface area contributed by atoms with Crippen LogP contribution in [0.5, 0.6) is 0 Å². The molecular formula is C28H21F5N4O5S2. The molecule has 0 saturated carbocycles. The molecule has 0 aliphatic carbocycles. The maximum Gasteiger partial charge on any atom is 0.435 e. The number of rotatable bonds is 10. The minimum atomic E-state index is -4.86. The second-order valence-electron chi connectivity index (χ2n) is 9.25. The van der Waals surface area contributed by atoms with E-state index in [1.54, 1.807) is 36.4 Å². The van der Waals surface area contributed by atoms with Gasteiger partial charge >= 0.3 is 6.18 Å². The van der Waals surface area contributed by atoms with Gasteiger partial charge in [0.2, 0.25) is 19.7 Å². The van der Waals surface area contributed by atoms with E-state index in [0.29, 0.717) is 16.9 Å². The molecule has 5 aromatic rings. The van der Waals surface area contributed by atoms with Crippen LogP contribution in [-0.2, 0) is 25.9 Å². The van der Waals surface area contributed by atoms with Gasteiger partial charge in [-0.25, -0.2) is 25.6 Å². The molecule has 0 amide bonds. The molecule has 0 atom stereocenters. The van der Waals surface area contributed by atoms with Crippen molar-refractivity contribution in [1.82, 2.24) is 9.89 Å².